The van der Waals surface area contributed by atoms with Crippen molar-refractivity contribution >= 4 is 0 Å². The van der Waals surface area contributed by atoms with E-state index in [0.29, 0.717) is 5.92 Å². The van der Waals surface area contributed by atoms with E-state index in [4.69, 9.17) is 0 Å². The molecule has 1 heteroatoms. The summed E-state index contributed by atoms with van der Waals surface area (Å²) in [7, 11) is 0. The van der Waals surface area contributed by atoms with Gasteiger partial charge in [0.1, 0.15) is 5.67 Å². The van der Waals surface area contributed by atoms with E-state index in [1.54, 1.807) is 0 Å². The summed E-state index contributed by atoms with van der Waals surface area (Å²) in [6.07, 6.45) is 1.84. The lowest BCUT2D eigenvalue weighted by atomic mass is 9.77. The summed E-state index contributed by atoms with van der Waals surface area (Å²) in [5.74, 6) is 0.458. The SMILES string of the molecule is CC(C)[CH]C(F)(C(C)C)C(C)C. The molecule has 0 aromatic rings. The third kappa shape index (κ3) is 2.76. The minimum Gasteiger partial charge on any atom is -0.243 e. The van der Waals surface area contributed by atoms with Gasteiger partial charge in [0.15, 0.2) is 0 Å². The van der Waals surface area contributed by atoms with Crippen LogP contribution >= 0.6 is 0 Å². The summed E-state index contributed by atoms with van der Waals surface area (Å²) < 4.78 is 14.2. The van der Waals surface area contributed by atoms with E-state index in [1.807, 2.05) is 48.0 Å². The van der Waals surface area contributed by atoms with E-state index >= 15 is 0 Å². The molecule has 0 aliphatic rings. The van der Waals surface area contributed by atoms with Crippen LogP contribution in [0.3, 0.4) is 0 Å². The molecule has 0 spiro atoms. The van der Waals surface area contributed by atoms with E-state index in [0.717, 1.165) is 0 Å². The van der Waals surface area contributed by atoms with Gasteiger partial charge in [0.2, 0.25) is 0 Å². The predicted octanol–water partition coefficient (Wildman–Crippen LogP) is 3.87. The molecule has 0 amide bonds. The molecule has 0 saturated carbocycles. The lowest BCUT2D eigenvalue weighted by Crippen LogP contribution is -2.37. The van der Waals surface area contributed by atoms with Crippen LogP contribution in [0.4, 0.5) is 4.39 Å². The fourth-order valence-corrected chi connectivity index (χ4v) is 1.56. The Bertz CT molecular complexity index is 117. The zero-order valence-electron chi connectivity index (χ0n) is 9.19. The molecule has 0 fully saturated rings. The monoisotopic (exact) mass is 173 g/mol. The Morgan fingerprint density at radius 1 is 0.917 bits per heavy atom. The van der Waals surface area contributed by atoms with Crippen LogP contribution in [-0.2, 0) is 0 Å². The first kappa shape index (κ1) is 11.9. The molecule has 12 heavy (non-hydrogen) atoms. The zero-order valence-corrected chi connectivity index (χ0v) is 9.19. The molecule has 0 N–H and O–H groups in total. The highest BCUT2D eigenvalue weighted by atomic mass is 19.1. The second-order valence-corrected chi connectivity index (χ2v) is 4.55. The molecule has 0 heterocycles. The average Bonchev–Trinajstić information content (AvgIpc) is 1.84. The quantitative estimate of drug-likeness (QED) is 0.605. The molecule has 0 aromatic heterocycles. The van der Waals surface area contributed by atoms with Crippen molar-refractivity contribution in [2.75, 3.05) is 0 Å². The van der Waals surface area contributed by atoms with Crippen LogP contribution in [-0.4, -0.2) is 5.67 Å². The minimum atomic E-state index is -1.10. The number of hydrogen-bond acceptors (Lipinski definition) is 0. The molecule has 73 valence electrons. The topological polar surface area (TPSA) is 0 Å². The number of alkyl halides is 1. The Balaban J connectivity index is 4.40. The summed E-state index contributed by atoms with van der Waals surface area (Å²) >= 11 is 0. The first-order chi connectivity index (χ1) is 5.30. The molecule has 0 aliphatic carbocycles. The van der Waals surface area contributed by atoms with E-state index < -0.39 is 5.67 Å². The minimum absolute atomic E-state index is 0.0694. The number of rotatable bonds is 4. The van der Waals surface area contributed by atoms with Gasteiger partial charge in [-0.1, -0.05) is 41.5 Å². The van der Waals surface area contributed by atoms with Crippen molar-refractivity contribution in [2.45, 2.75) is 47.2 Å². The van der Waals surface area contributed by atoms with Gasteiger partial charge in [-0.25, -0.2) is 4.39 Å². The fourth-order valence-electron chi connectivity index (χ4n) is 1.56. The van der Waals surface area contributed by atoms with Gasteiger partial charge < -0.3 is 0 Å². The first-order valence-corrected chi connectivity index (χ1v) is 4.85. The smallest absolute Gasteiger partial charge is 0.119 e. The number of halogens is 1. The standard InChI is InChI=1S/C11H22F/c1-8(2)7-11(12,9(3)4)10(5)6/h7-10H,1-6H3. The molecule has 0 nitrogen and oxygen atoms in total. The normalized spacial score (nSPS) is 13.5. The van der Waals surface area contributed by atoms with Crippen molar-refractivity contribution in [3.63, 3.8) is 0 Å². The Hall–Kier alpha value is -0.0700. The maximum atomic E-state index is 14.2. The molecule has 1 radical (unpaired) electrons. The van der Waals surface area contributed by atoms with Gasteiger partial charge in [-0.3, -0.25) is 0 Å². The van der Waals surface area contributed by atoms with Crippen molar-refractivity contribution in [3.05, 3.63) is 6.42 Å². The maximum absolute atomic E-state index is 14.2. The molecule has 0 saturated heterocycles. The van der Waals surface area contributed by atoms with Crippen molar-refractivity contribution in [1.82, 2.24) is 0 Å². The van der Waals surface area contributed by atoms with Gasteiger partial charge in [-0.15, -0.1) is 0 Å². The third-order valence-corrected chi connectivity index (χ3v) is 2.36. The largest absolute Gasteiger partial charge is 0.243 e. The molecule has 0 aliphatic heterocycles. The average molecular weight is 173 g/mol. The number of hydrogen-bond donors (Lipinski definition) is 0. The van der Waals surface area contributed by atoms with Crippen LogP contribution in [0.15, 0.2) is 0 Å². The van der Waals surface area contributed by atoms with Gasteiger partial charge in [0, 0.05) is 6.42 Å². The van der Waals surface area contributed by atoms with Crippen LogP contribution in [0.5, 0.6) is 0 Å². The highest BCUT2D eigenvalue weighted by molar-refractivity contribution is 4.99. The van der Waals surface area contributed by atoms with Crippen LogP contribution < -0.4 is 0 Å². The van der Waals surface area contributed by atoms with Gasteiger partial charge in [-0.05, 0) is 17.8 Å². The molecule has 0 unspecified atom stereocenters. The molecule has 0 rings (SSSR count). The second kappa shape index (κ2) is 4.25. The van der Waals surface area contributed by atoms with Crippen LogP contribution in [0.2, 0.25) is 0 Å². The molecule has 0 bridgehead atoms. The van der Waals surface area contributed by atoms with Crippen molar-refractivity contribution in [1.29, 1.82) is 0 Å². The second-order valence-electron chi connectivity index (χ2n) is 4.55. The van der Waals surface area contributed by atoms with Gasteiger partial charge in [-0.2, -0.15) is 0 Å². The third-order valence-electron chi connectivity index (χ3n) is 2.36. The molecule has 0 atom stereocenters. The first-order valence-electron chi connectivity index (χ1n) is 4.85. The Morgan fingerprint density at radius 2 is 1.25 bits per heavy atom. The van der Waals surface area contributed by atoms with Gasteiger partial charge >= 0.3 is 0 Å². The summed E-state index contributed by atoms with van der Waals surface area (Å²) in [4.78, 5) is 0. The lowest BCUT2D eigenvalue weighted by molar-refractivity contribution is 0.0723. The Morgan fingerprint density at radius 3 is 1.33 bits per heavy atom. The summed E-state index contributed by atoms with van der Waals surface area (Å²) in [6.45, 7) is 11.8. The Labute approximate surface area is 76.6 Å². The lowest BCUT2D eigenvalue weighted by Gasteiger charge is -2.34. The molecule has 0 aromatic carbocycles. The summed E-state index contributed by atoms with van der Waals surface area (Å²) in [6, 6.07) is 0. The van der Waals surface area contributed by atoms with Gasteiger partial charge in [0.05, 0.1) is 0 Å². The van der Waals surface area contributed by atoms with E-state index in [9.17, 15) is 4.39 Å². The van der Waals surface area contributed by atoms with Crippen molar-refractivity contribution in [3.8, 4) is 0 Å². The van der Waals surface area contributed by atoms with E-state index in [2.05, 4.69) is 0 Å². The highest BCUT2D eigenvalue weighted by Crippen LogP contribution is 2.35. The maximum Gasteiger partial charge on any atom is 0.119 e. The summed E-state index contributed by atoms with van der Waals surface area (Å²) in [5.41, 5.74) is -1.10. The highest BCUT2D eigenvalue weighted by Gasteiger charge is 2.37. The van der Waals surface area contributed by atoms with Crippen LogP contribution in [0.25, 0.3) is 0 Å². The Kier molecular flexibility index (Phi) is 4.22. The van der Waals surface area contributed by atoms with Crippen molar-refractivity contribution in [2.24, 2.45) is 17.8 Å². The van der Waals surface area contributed by atoms with Gasteiger partial charge in [0.25, 0.3) is 0 Å². The van der Waals surface area contributed by atoms with E-state index in [-0.39, 0.29) is 11.8 Å². The zero-order chi connectivity index (χ0) is 9.94. The van der Waals surface area contributed by atoms with Crippen LogP contribution in [0.1, 0.15) is 41.5 Å². The van der Waals surface area contributed by atoms with Crippen LogP contribution in [0, 0.1) is 24.2 Å². The molecular weight excluding hydrogens is 151 g/mol. The molecular formula is C11H22F. The van der Waals surface area contributed by atoms with Crippen molar-refractivity contribution < 1.29 is 4.39 Å². The fraction of sp³-hybridized carbons (Fsp3) is 0.909. The predicted molar refractivity (Wildman–Crippen MR) is 52.7 cm³/mol. The van der Waals surface area contributed by atoms with E-state index in [1.165, 1.54) is 0 Å². The summed E-state index contributed by atoms with van der Waals surface area (Å²) in [5, 5.41) is 0.